The van der Waals surface area contributed by atoms with Gasteiger partial charge in [-0.05, 0) is 13.6 Å². The Morgan fingerprint density at radius 1 is 0.958 bits per heavy atom. The second kappa shape index (κ2) is 10.1. The maximum absolute atomic E-state index is 9.54. The van der Waals surface area contributed by atoms with Gasteiger partial charge in [-0.1, -0.05) is 21.6 Å². The van der Waals surface area contributed by atoms with Gasteiger partial charge in [0.1, 0.15) is 24.3 Å². The lowest BCUT2D eigenvalue weighted by Gasteiger charge is -2.18. The van der Waals surface area contributed by atoms with Gasteiger partial charge in [0.15, 0.2) is 0 Å². The molecule has 10 nitrogen and oxygen atoms in total. The van der Waals surface area contributed by atoms with Crippen LogP contribution < -0.4 is 10.5 Å². The Labute approximate surface area is 148 Å². The van der Waals surface area contributed by atoms with Crippen molar-refractivity contribution >= 4 is 35.7 Å². The monoisotopic (exact) mass is 370 g/mol. The van der Waals surface area contributed by atoms with E-state index in [1.165, 1.54) is 12.7 Å². The molecule has 2 atom stereocenters. The molecule has 0 saturated heterocycles. The highest BCUT2D eigenvalue weighted by molar-refractivity contribution is 8.76. The summed E-state index contributed by atoms with van der Waals surface area (Å²) in [5, 5.41) is 38.5. The van der Waals surface area contributed by atoms with E-state index in [4.69, 9.17) is 0 Å². The van der Waals surface area contributed by atoms with E-state index in [0.717, 1.165) is 0 Å². The van der Waals surface area contributed by atoms with Gasteiger partial charge in [-0.25, -0.2) is 9.97 Å². The average molecular weight is 370 g/mol. The quantitative estimate of drug-likeness (QED) is 0.174. The lowest BCUT2D eigenvalue weighted by Crippen LogP contribution is -2.36. The van der Waals surface area contributed by atoms with Gasteiger partial charge in [-0.15, -0.1) is 0 Å². The zero-order valence-corrected chi connectivity index (χ0v) is 15.0. The van der Waals surface area contributed by atoms with Gasteiger partial charge in [-0.2, -0.15) is 10.2 Å². The van der Waals surface area contributed by atoms with Crippen LogP contribution in [0.5, 0.6) is 0 Å². The second-order valence-electron chi connectivity index (χ2n) is 5.10. The molecule has 0 spiro atoms. The van der Waals surface area contributed by atoms with Crippen molar-refractivity contribution in [2.24, 2.45) is 0 Å². The molecule has 2 heterocycles. The van der Waals surface area contributed by atoms with Gasteiger partial charge in [-0.3, -0.25) is 10.2 Å². The minimum Gasteiger partial charge on any atom is -0.437 e. The summed E-state index contributed by atoms with van der Waals surface area (Å²) in [5.74, 6) is 2.72. The van der Waals surface area contributed by atoms with E-state index < -0.39 is 14.1 Å². The van der Waals surface area contributed by atoms with E-state index in [0.29, 0.717) is 23.2 Å². The number of aromatic amines is 2. The summed E-state index contributed by atoms with van der Waals surface area (Å²) in [6.45, 7) is 3.32. The molecule has 0 unspecified atom stereocenters. The maximum Gasteiger partial charge on any atom is 0.374 e. The Hall–Kier alpha value is -1.05. The van der Waals surface area contributed by atoms with Gasteiger partial charge in [0.25, 0.3) is 0 Å². The van der Waals surface area contributed by atoms with Crippen molar-refractivity contribution in [2.75, 3.05) is 11.5 Å². The molecule has 0 bridgehead atoms. The SMILES string of the molecule is CB(O)N[C@@H](CSSC[C@H](NB(C)O)c1ncn[nH]1)c1ncn[nH]1. The number of aromatic nitrogens is 6. The molecule has 0 aliphatic carbocycles. The summed E-state index contributed by atoms with van der Waals surface area (Å²) >= 11 is 0. The average Bonchev–Trinajstić information content (AvgIpc) is 3.21. The van der Waals surface area contributed by atoms with Crippen LogP contribution in [0.15, 0.2) is 12.7 Å². The van der Waals surface area contributed by atoms with Crippen LogP contribution in [0.1, 0.15) is 23.7 Å². The number of nitrogens with zero attached hydrogens (tertiary/aromatic N) is 4. The molecule has 0 aliphatic rings. The molecule has 0 aliphatic heterocycles. The van der Waals surface area contributed by atoms with Crippen LogP contribution in [0.4, 0.5) is 0 Å². The van der Waals surface area contributed by atoms with Gasteiger partial charge >= 0.3 is 14.1 Å². The molecule has 0 saturated carbocycles. The van der Waals surface area contributed by atoms with Crippen LogP contribution >= 0.6 is 21.6 Å². The van der Waals surface area contributed by atoms with Crippen LogP contribution in [0.25, 0.3) is 0 Å². The second-order valence-corrected chi connectivity index (χ2v) is 7.65. The molecule has 0 radical (unpaired) electrons. The molecule has 0 aromatic carbocycles. The minimum atomic E-state index is -0.649. The van der Waals surface area contributed by atoms with Crippen LogP contribution in [0.2, 0.25) is 13.6 Å². The van der Waals surface area contributed by atoms with Gasteiger partial charge < -0.3 is 20.5 Å². The lowest BCUT2D eigenvalue weighted by molar-refractivity contribution is 0.528. The van der Waals surface area contributed by atoms with Crippen molar-refractivity contribution in [1.82, 2.24) is 40.8 Å². The Balaban J connectivity index is 1.82. The number of nitrogens with one attached hydrogen (secondary N) is 4. The number of H-pyrrole nitrogens is 2. The molecule has 2 aromatic rings. The van der Waals surface area contributed by atoms with Crippen molar-refractivity contribution in [2.45, 2.75) is 25.7 Å². The molecule has 2 aromatic heterocycles. The minimum absolute atomic E-state index is 0.140. The Bertz CT molecular complexity index is 509. The zero-order valence-electron chi connectivity index (χ0n) is 13.4. The van der Waals surface area contributed by atoms with E-state index in [1.807, 2.05) is 0 Å². The normalized spacial score (nSPS) is 13.7. The first-order valence-electron chi connectivity index (χ1n) is 7.39. The van der Waals surface area contributed by atoms with E-state index >= 15 is 0 Å². The van der Waals surface area contributed by atoms with Gasteiger partial charge in [0.05, 0.1) is 12.1 Å². The van der Waals surface area contributed by atoms with E-state index in [1.54, 1.807) is 35.2 Å². The Kier molecular flexibility index (Phi) is 8.08. The fourth-order valence-corrected chi connectivity index (χ4v) is 4.36. The highest BCUT2D eigenvalue weighted by atomic mass is 33.1. The summed E-state index contributed by atoms with van der Waals surface area (Å²) in [6.07, 6.45) is 2.88. The van der Waals surface area contributed by atoms with Crippen LogP contribution in [-0.4, -0.2) is 66.0 Å². The van der Waals surface area contributed by atoms with Gasteiger partial charge in [0.2, 0.25) is 0 Å². The zero-order chi connectivity index (χ0) is 17.4. The van der Waals surface area contributed by atoms with E-state index in [-0.39, 0.29) is 12.1 Å². The third-order valence-corrected chi connectivity index (χ3v) is 5.39. The molecule has 130 valence electrons. The largest absolute Gasteiger partial charge is 0.437 e. The molecule has 24 heavy (non-hydrogen) atoms. The first-order chi connectivity index (χ1) is 11.6. The molecule has 0 amide bonds. The number of hydrogen-bond acceptors (Lipinski definition) is 10. The smallest absolute Gasteiger partial charge is 0.374 e. The van der Waals surface area contributed by atoms with Crippen molar-refractivity contribution < 1.29 is 10.0 Å². The summed E-state index contributed by atoms with van der Waals surface area (Å²) in [4.78, 5) is 8.26. The molecular weight excluding hydrogens is 350 g/mol. The predicted octanol–water partition coefficient (Wildman–Crippen LogP) is -0.514. The van der Waals surface area contributed by atoms with E-state index in [9.17, 15) is 10.0 Å². The summed E-state index contributed by atoms with van der Waals surface area (Å²) in [7, 11) is 1.95. The summed E-state index contributed by atoms with van der Waals surface area (Å²) < 4.78 is 0. The van der Waals surface area contributed by atoms with Gasteiger partial charge in [0, 0.05) is 11.5 Å². The lowest BCUT2D eigenvalue weighted by atomic mass is 9.87. The fourth-order valence-electron chi connectivity index (χ4n) is 1.99. The van der Waals surface area contributed by atoms with Crippen molar-refractivity contribution in [1.29, 1.82) is 0 Å². The standard InChI is InChI=1S/C10H20B2N8O2S2/c1-11(21)17-7(9-13-5-15-19-9)3-23-24-4-8(18-12(2)22)10-14-6-16-20-10/h5-8,17-18,21-22H,3-4H2,1-2H3,(H,13,15,19)(H,14,16,20)/t7-,8-/m0/s1. The molecule has 2 rings (SSSR count). The first-order valence-corrected chi connectivity index (χ1v) is 9.88. The van der Waals surface area contributed by atoms with Crippen molar-refractivity contribution in [3.8, 4) is 0 Å². The highest BCUT2D eigenvalue weighted by Gasteiger charge is 2.21. The predicted molar refractivity (Wildman–Crippen MR) is 97.1 cm³/mol. The number of rotatable bonds is 11. The fraction of sp³-hybridized carbons (Fsp3) is 0.600. The molecule has 6 N–H and O–H groups in total. The van der Waals surface area contributed by atoms with E-state index in [2.05, 4.69) is 40.8 Å². The molecule has 14 heteroatoms. The maximum atomic E-state index is 9.54. The number of hydrogen-bond donors (Lipinski definition) is 6. The van der Waals surface area contributed by atoms with Crippen LogP contribution in [-0.2, 0) is 0 Å². The summed E-state index contributed by atoms with van der Waals surface area (Å²) in [5.41, 5.74) is 0. The van der Waals surface area contributed by atoms with Crippen LogP contribution in [0, 0.1) is 0 Å². The van der Waals surface area contributed by atoms with Crippen molar-refractivity contribution in [3.05, 3.63) is 24.3 Å². The molecular formula is C10H20B2N8O2S2. The third-order valence-electron chi connectivity index (χ3n) is 2.96. The summed E-state index contributed by atoms with van der Waals surface area (Å²) in [6, 6.07) is -0.281. The highest BCUT2D eigenvalue weighted by Crippen LogP contribution is 2.29. The first kappa shape index (κ1) is 19.3. The van der Waals surface area contributed by atoms with Crippen LogP contribution in [0.3, 0.4) is 0 Å². The third kappa shape index (κ3) is 6.45. The van der Waals surface area contributed by atoms with Crippen molar-refractivity contribution in [3.63, 3.8) is 0 Å². The Morgan fingerprint density at radius 3 is 1.67 bits per heavy atom. The topological polar surface area (TPSA) is 148 Å². The molecule has 0 fully saturated rings. The Morgan fingerprint density at radius 2 is 1.38 bits per heavy atom.